The molecule has 8 nitrogen and oxygen atoms in total. The Labute approximate surface area is 221 Å². The minimum atomic E-state index is -3.47. The molecule has 0 spiro atoms. The third-order valence-corrected chi connectivity index (χ3v) is 7.72. The zero-order valence-corrected chi connectivity index (χ0v) is 22.2. The number of carbonyl (C=O) groups is 1. The summed E-state index contributed by atoms with van der Waals surface area (Å²) in [6, 6.07) is 17.0. The van der Waals surface area contributed by atoms with Gasteiger partial charge in [0.05, 0.1) is 35.5 Å². The summed E-state index contributed by atoms with van der Waals surface area (Å²) in [4.78, 5) is 15.0. The summed E-state index contributed by atoms with van der Waals surface area (Å²) in [5, 5.41) is 6.14. The number of nitrogens with one attached hydrogen (secondary N) is 2. The van der Waals surface area contributed by atoms with E-state index >= 15 is 0 Å². The van der Waals surface area contributed by atoms with Crippen molar-refractivity contribution in [2.45, 2.75) is 6.42 Å². The summed E-state index contributed by atoms with van der Waals surface area (Å²) in [5.41, 5.74) is 4.99. The number of nitrogens with zero attached hydrogens (tertiary/aromatic N) is 2. The van der Waals surface area contributed by atoms with Gasteiger partial charge >= 0.3 is 0 Å². The second-order valence-corrected chi connectivity index (χ2v) is 11.5. The van der Waals surface area contributed by atoms with Crippen molar-refractivity contribution in [3.8, 4) is 5.75 Å². The average molecular weight is 537 g/mol. The molecule has 38 heavy (non-hydrogen) atoms. The normalized spacial score (nSPS) is 15.6. The van der Waals surface area contributed by atoms with Crippen molar-refractivity contribution in [2.75, 3.05) is 55.0 Å². The molecule has 2 heterocycles. The van der Waals surface area contributed by atoms with Gasteiger partial charge in [-0.1, -0.05) is 0 Å². The molecule has 2 aliphatic heterocycles. The van der Waals surface area contributed by atoms with Crippen molar-refractivity contribution in [1.29, 1.82) is 0 Å². The lowest BCUT2D eigenvalue weighted by Gasteiger charge is -2.24. The van der Waals surface area contributed by atoms with Gasteiger partial charge in [-0.2, -0.15) is 0 Å². The molecule has 0 saturated carbocycles. The second kappa shape index (κ2) is 10.1. The lowest BCUT2D eigenvalue weighted by molar-refractivity contribution is -0.110. The lowest BCUT2D eigenvalue weighted by atomic mass is 9.98. The molecule has 3 aromatic rings. The molecule has 0 radical (unpaired) electrons. The summed E-state index contributed by atoms with van der Waals surface area (Å²) in [6.45, 7) is 1.49. The van der Waals surface area contributed by atoms with Gasteiger partial charge in [-0.05, 0) is 85.9 Å². The van der Waals surface area contributed by atoms with Crippen LogP contribution in [0.2, 0.25) is 0 Å². The van der Waals surface area contributed by atoms with E-state index in [2.05, 4.69) is 10.6 Å². The molecule has 0 saturated heterocycles. The van der Waals surface area contributed by atoms with Gasteiger partial charge in [-0.15, -0.1) is 0 Å². The van der Waals surface area contributed by atoms with Crippen LogP contribution in [0.4, 0.5) is 21.5 Å². The van der Waals surface area contributed by atoms with Crippen molar-refractivity contribution in [2.24, 2.45) is 0 Å². The first-order valence-corrected chi connectivity index (χ1v) is 14.1. The van der Waals surface area contributed by atoms with Crippen LogP contribution in [0.5, 0.6) is 5.75 Å². The molecule has 0 aliphatic carbocycles. The summed E-state index contributed by atoms with van der Waals surface area (Å²) in [7, 11) is 0.302. The Morgan fingerprint density at radius 2 is 1.82 bits per heavy atom. The number of hydrogen-bond donors (Lipinski definition) is 2. The largest absolute Gasteiger partial charge is 0.493 e. The van der Waals surface area contributed by atoms with Crippen molar-refractivity contribution in [1.82, 2.24) is 4.90 Å². The highest BCUT2D eigenvalue weighted by Gasteiger charge is 2.29. The Hall–Kier alpha value is -3.89. The van der Waals surface area contributed by atoms with Crippen LogP contribution < -0.4 is 19.7 Å². The molecule has 0 fully saturated rings. The highest BCUT2D eigenvalue weighted by molar-refractivity contribution is 7.92. The Kier molecular flexibility index (Phi) is 6.85. The quantitative estimate of drug-likeness (QED) is 0.423. The summed E-state index contributed by atoms with van der Waals surface area (Å²) in [5.74, 6) is 0.0440. The van der Waals surface area contributed by atoms with Crippen molar-refractivity contribution < 1.29 is 22.3 Å². The van der Waals surface area contributed by atoms with Crippen LogP contribution in [0.1, 0.15) is 16.7 Å². The maximum Gasteiger partial charge on any atom is 0.258 e. The van der Waals surface area contributed by atoms with Crippen LogP contribution in [-0.4, -0.2) is 59.3 Å². The second-order valence-electron chi connectivity index (χ2n) is 9.63. The third-order valence-electron chi connectivity index (χ3n) is 6.53. The monoisotopic (exact) mass is 536 g/mol. The van der Waals surface area contributed by atoms with Gasteiger partial charge in [0.15, 0.2) is 0 Å². The van der Waals surface area contributed by atoms with Gasteiger partial charge in [0.25, 0.3) is 5.91 Å². The SMILES string of the molecule is CN(C)CCN(c1ccc(N/C(=C2\C(=O)Nc3cc(F)ccc32)c2ccc3c(c2)CCO3)cc1)S(C)(=O)=O. The van der Waals surface area contributed by atoms with Crippen LogP contribution in [0.3, 0.4) is 0 Å². The number of carbonyl (C=O) groups excluding carboxylic acids is 1. The zero-order chi connectivity index (χ0) is 27.0. The van der Waals surface area contributed by atoms with E-state index in [1.807, 2.05) is 37.2 Å². The van der Waals surface area contributed by atoms with Crippen LogP contribution in [0, 0.1) is 5.82 Å². The van der Waals surface area contributed by atoms with Crippen molar-refractivity contribution >= 4 is 44.3 Å². The zero-order valence-electron chi connectivity index (χ0n) is 21.4. The first kappa shape index (κ1) is 25.7. The fourth-order valence-electron chi connectivity index (χ4n) is 4.65. The molecule has 198 valence electrons. The highest BCUT2D eigenvalue weighted by atomic mass is 32.2. The maximum absolute atomic E-state index is 13.9. The molecule has 3 aromatic carbocycles. The predicted molar refractivity (Wildman–Crippen MR) is 148 cm³/mol. The van der Waals surface area contributed by atoms with Crippen LogP contribution in [0.15, 0.2) is 60.7 Å². The van der Waals surface area contributed by atoms with Gasteiger partial charge in [0, 0.05) is 30.8 Å². The molecule has 2 aliphatic rings. The van der Waals surface area contributed by atoms with E-state index in [1.54, 1.807) is 30.3 Å². The topological polar surface area (TPSA) is 91.0 Å². The minimum absolute atomic E-state index is 0.318. The number of amides is 1. The predicted octanol–water partition coefficient (Wildman–Crippen LogP) is 4.02. The van der Waals surface area contributed by atoms with Gasteiger partial charge in [-0.25, -0.2) is 12.8 Å². The van der Waals surface area contributed by atoms with Gasteiger partial charge in [0.1, 0.15) is 11.6 Å². The van der Waals surface area contributed by atoms with E-state index in [0.717, 1.165) is 23.3 Å². The molecule has 5 rings (SSSR count). The fourth-order valence-corrected chi connectivity index (χ4v) is 5.56. The Bertz CT molecular complexity index is 1530. The smallest absolute Gasteiger partial charge is 0.258 e. The number of benzene rings is 3. The van der Waals surface area contributed by atoms with E-state index in [0.29, 0.717) is 53.6 Å². The van der Waals surface area contributed by atoms with E-state index in [9.17, 15) is 17.6 Å². The van der Waals surface area contributed by atoms with E-state index in [4.69, 9.17) is 4.74 Å². The van der Waals surface area contributed by atoms with Gasteiger partial charge < -0.3 is 20.3 Å². The number of halogens is 1. The minimum Gasteiger partial charge on any atom is -0.493 e. The first-order chi connectivity index (χ1) is 18.1. The highest BCUT2D eigenvalue weighted by Crippen LogP contribution is 2.39. The van der Waals surface area contributed by atoms with Gasteiger partial charge in [0.2, 0.25) is 10.0 Å². The molecule has 10 heteroatoms. The Balaban J connectivity index is 1.55. The number of fused-ring (bicyclic) bond motifs is 2. The summed E-state index contributed by atoms with van der Waals surface area (Å²) < 4.78 is 45.8. The van der Waals surface area contributed by atoms with Crippen LogP contribution in [-0.2, 0) is 21.2 Å². The van der Waals surface area contributed by atoms with E-state index in [1.165, 1.54) is 22.7 Å². The lowest BCUT2D eigenvalue weighted by Crippen LogP contribution is -2.35. The third kappa shape index (κ3) is 5.23. The Morgan fingerprint density at radius 1 is 1.05 bits per heavy atom. The number of ether oxygens (including phenoxy) is 1. The molecule has 0 unspecified atom stereocenters. The number of likely N-dealkylation sites (N-methyl/N-ethyl adjacent to an activating group) is 1. The van der Waals surface area contributed by atoms with Crippen LogP contribution in [0.25, 0.3) is 11.3 Å². The Morgan fingerprint density at radius 3 is 2.53 bits per heavy atom. The molecule has 0 aromatic heterocycles. The maximum atomic E-state index is 13.9. The molecule has 2 N–H and O–H groups in total. The first-order valence-electron chi connectivity index (χ1n) is 12.2. The molecule has 0 bridgehead atoms. The average Bonchev–Trinajstić information content (AvgIpc) is 3.45. The number of anilines is 3. The van der Waals surface area contributed by atoms with Gasteiger partial charge in [-0.3, -0.25) is 9.10 Å². The van der Waals surface area contributed by atoms with Crippen molar-refractivity contribution in [3.05, 3.63) is 83.2 Å². The number of rotatable bonds is 8. The molecular formula is C28H29FN4O4S. The standard InChI is InChI=1S/C28H29FN4O4S/c1-32(2)13-14-33(38(3,35)36)22-8-6-21(7-9-22)30-27(19-4-11-25-18(16-19)12-15-37-25)26-23-10-5-20(29)17-24(23)31-28(26)34/h4-11,16-17,30H,12-15H2,1-3H3,(H,31,34)/b27-26-. The molecule has 1 amide bonds. The fraction of sp³-hybridized carbons (Fsp3) is 0.250. The number of sulfonamides is 1. The summed E-state index contributed by atoms with van der Waals surface area (Å²) in [6.07, 6.45) is 1.96. The van der Waals surface area contributed by atoms with Crippen LogP contribution >= 0.6 is 0 Å². The number of hydrogen-bond acceptors (Lipinski definition) is 6. The van der Waals surface area contributed by atoms with E-state index < -0.39 is 15.8 Å². The molecule has 0 atom stereocenters. The summed E-state index contributed by atoms with van der Waals surface area (Å²) >= 11 is 0. The van der Waals surface area contributed by atoms with Crippen molar-refractivity contribution in [3.63, 3.8) is 0 Å². The van der Waals surface area contributed by atoms with E-state index in [-0.39, 0.29) is 5.91 Å². The molecular weight excluding hydrogens is 507 g/mol.